The van der Waals surface area contributed by atoms with Crippen LogP contribution in [0.25, 0.3) is 0 Å². The zero-order chi connectivity index (χ0) is 15.9. The number of nitrogens with zero attached hydrogens (tertiary/aromatic N) is 2. The van der Waals surface area contributed by atoms with Crippen molar-refractivity contribution in [3.63, 3.8) is 0 Å². The summed E-state index contributed by atoms with van der Waals surface area (Å²) in [5.41, 5.74) is 2.94. The summed E-state index contributed by atoms with van der Waals surface area (Å²) in [6.45, 7) is 10.00. The molecule has 1 aliphatic rings. The van der Waals surface area contributed by atoms with Crippen molar-refractivity contribution in [2.45, 2.75) is 26.7 Å². The molecule has 5 nitrogen and oxygen atoms in total. The number of guanidine groups is 1. The summed E-state index contributed by atoms with van der Waals surface area (Å²) in [7, 11) is 0. The highest BCUT2D eigenvalue weighted by atomic mass is 35.5. The first-order chi connectivity index (χ1) is 10.6. The summed E-state index contributed by atoms with van der Waals surface area (Å²) in [6.07, 6.45) is 3.99. The monoisotopic (exact) mass is 336 g/mol. The number of para-hydroxylation sites is 1. The molecule has 0 aromatic heterocycles. The van der Waals surface area contributed by atoms with Crippen molar-refractivity contribution in [1.29, 1.82) is 0 Å². The van der Waals surface area contributed by atoms with Crippen molar-refractivity contribution >= 4 is 30.1 Å². The van der Waals surface area contributed by atoms with E-state index >= 15 is 0 Å². The lowest BCUT2D eigenvalue weighted by Gasteiger charge is -2.21. The summed E-state index contributed by atoms with van der Waals surface area (Å²) < 4.78 is 0. The standard InChI is InChI=1S/C17H24N4O.ClH/c1-4-10-18-16(21-11-5-6-12-21)20-17(22)19-15-13(2)8-7-9-14(15)3;/h4,7-9H,1,5-6,10-12H2,2-3H3,(H2,18,19,20,22);1H. The lowest BCUT2D eigenvalue weighted by atomic mass is 10.1. The Hall–Kier alpha value is -2.01. The fraction of sp³-hybridized carbons (Fsp3) is 0.412. The highest BCUT2D eigenvalue weighted by Crippen LogP contribution is 2.19. The predicted molar refractivity (Wildman–Crippen MR) is 98.6 cm³/mol. The SMILES string of the molecule is C=CCN=C(NC(=O)Nc1c(C)cccc1C)N1CCCC1.Cl. The number of likely N-dealkylation sites (tertiary alicyclic amines) is 1. The number of benzene rings is 1. The average molecular weight is 337 g/mol. The van der Waals surface area contributed by atoms with Crippen LogP contribution in [0.3, 0.4) is 0 Å². The van der Waals surface area contributed by atoms with Gasteiger partial charge in [0.05, 0.1) is 6.54 Å². The second kappa shape index (κ2) is 9.20. The molecule has 0 saturated carbocycles. The zero-order valence-corrected chi connectivity index (χ0v) is 14.6. The minimum absolute atomic E-state index is 0. The van der Waals surface area contributed by atoms with Gasteiger partial charge in [0.15, 0.2) is 0 Å². The number of carbonyl (C=O) groups is 1. The molecule has 0 unspecified atom stereocenters. The van der Waals surface area contributed by atoms with E-state index in [1.807, 2.05) is 32.0 Å². The van der Waals surface area contributed by atoms with Crippen molar-refractivity contribution in [1.82, 2.24) is 10.2 Å². The molecule has 0 bridgehead atoms. The van der Waals surface area contributed by atoms with Crippen LogP contribution in [0.15, 0.2) is 35.8 Å². The first-order valence-corrected chi connectivity index (χ1v) is 7.66. The van der Waals surface area contributed by atoms with E-state index in [0.717, 1.165) is 42.7 Å². The Bertz CT molecular complexity index is 560. The molecule has 2 amide bonds. The smallest absolute Gasteiger partial charge is 0.326 e. The third-order valence-corrected chi connectivity index (χ3v) is 3.72. The highest BCUT2D eigenvalue weighted by Gasteiger charge is 2.18. The van der Waals surface area contributed by atoms with E-state index in [4.69, 9.17) is 0 Å². The number of aliphatic imine (C=N–C) groups is 1. The quantitative estimate of drug-likeness (QED) is 0.504. The number of halogens is 1. The van der Waals surface area contributed by atoms with E-state index in [0.29, 0.717) is 12.5 Å². The van der Waals surface area contributed by atoms with E-state index in [1.54, 1.807) is 6.08 Å². The van der Waals surface area contributed by atoms with Gasteiger partial charge in [-0.15, -0.1) is 19.0 Å². The Morgan fingerprint density at radius 3 is 2.48 bits per heavy atom. The van der Waals surface area contributed by atoms with Crippen molar-refractivity contribution in [2.24, 2.45) is 4.99 Å². The van der Waals surface area contributed by atoms with Crippen LogP contribution in [0.4, 0.5) is 10.5 Å². The molecule has 23 heavy (non-hydrogen) atoms. The number of amides is 2. The molecule has 2 N–H and O–H groups in total. The molecular formula is C17H25ClN4O. The average Bonchev–Trinajstić information content (AvgIpc) is 3.01. The minimum Gasteiger partial charge on any atom is -0.343 e. The fourth-order valence-electron chi connectivity index (χ4n) is 2.56. The molecule has 1 saturated heterocycles. The van der Waals surface area contributed by atoms with Crippen LogP contribution in [0.2, 0.25) is 0 Å². The zero-order valence-electron chi connectivity index (χ0n) is 13.8. The third kappa shape index (κ3) is 5.28. The summed E-state index contributed by atoms with van der Waals surface area (Å²) in [5, 5.41) is 5.80. The highest BCUT2D eigenvalue weighted by molar-refractivity contribution is 6.03. The molecule has 126 valence electrons. The molecule has 1 aliphatic heterocycles. The van der Waals surface area contributed by atoms with Gasteiger partial charge in [-0.1, -0.05) is 24.3 Å². The molecule has 2 rings (SSSR count). The van der Waals surface area contributed by atoms with E-state index in [2.05, 4.69) is 27.1 Å². The fourth-order valence-corrected chi connectivity index (χ4v) is 2.56. The molecule has 1 aromatic rings. The van der Waals surface area contributed by atoms with Crippen LogP contribution < -0.4 is 10.6 Å². The number of nitrogens with one attached hydrogen (secondary N) is 2. The van der Waals surface area contributed by atoms with Crippen LogP contribution in [-0.4, -0.2) is 36.5 Å². The maximum absolute atomic E-state index is 12.3. The van der Waals surface area contributed by atoms with Gasteiger partial charge in [-0.05, 0) is 37.8 Å². The Balaban J connectivity index is 0.00000264. The van der Waals surface area contributed by atoms with E-state index < -0.39 is 0 Å². The summed E-state index contributed by atoms with van der Waals surface area (Å²) in [6, 6.07) is 5.69. The van der Waals surface area contributed by atoms with Gasteiger partial charge < -0.3 is 10.2 Å². The molecule has 0 radical (unpaired) electrons. The molecule has 1 aromatic carbocycles. The normalized spacial score (nSPS) is 14.2. The number of hydrogen-bond donors (Lipinski definition) is 2. The minimum atomic E-state index is -0.257. The van der Waals surface area contributed by atoms with Gasteiger partial charge in [-0.3, -0.25) is 5.32 Å². The number of anilines is 1. The molecule has 0 aliphatic carbocycles. The van der Waals surface area contributed by atoms with Crippen molar-refractivity contribution in [3.8, 4) is 0 Å². The van der Waals surface area contributed by atoms with Crippen molar-refractivity contribution in [3.05, 3.63) is 42.0 Å². The first kappa shape index (κ1) is 19.0. The molecule has 1 fully saturated rings. The largest absolute Gasteiger partial charge is 0.343 e. The van der Waals surface area contributed by atoms with Gasteiger partial charge in [0.2, 0.25) is 5.96 Å². The second-order valence-corrected chi connectivity index (χ2v) is 5.49. The van der Waals surface area contributed by atoms with Gasteiger partial charge >= 0.3 is 6.03 Å². The first-order valence-electron chi connectivity index (χ1n) is 7.66. The molecule has 1 heterocycles. The number of hydrogen-bond acceptors (Lipinski definition) is 2. The molecular weight excluding hydrogens is 312 g/mol. The van der Waals surface area contributed by atoms with E-state index in [-0.39, 0.29) is 18.4 Å². The number of aryl methyl sites for hydroxylation is 2. The van der Waals surface area contributed by atoms with Crippen LogP contribution in [-0.2, 0) is 0 Å². The Morgan fingerprint density at radius 1 is 1.30 bits per heavy atom. The van der Waals surface area contributed by atoms with E-state index in [1.165, 1.54) is 0 Å². The number of rotatable bonds is 3. The summed E-state index contributed by atoms with van der Waals surface area (Å²) in [5.74, 6) is 0.626. The van der Waals surface area contributed by atoms with Gasteiger partial charge in [0.25, 0.3) is 0 Å². The van der Waals surface area contributed by atoms with Gasteiger partial charge in [0, 0.05) is 18.8 Å². The molecule has 0 atom stereocenters. The van der Waals surface area contributed by atoms with Crippen LogP contribution in [0, 0.1) is 13.8 Å². The summed E-state index contributed by atoms with van der Waals surface area (Å²) in [4.78, 5) is 18.8. The molecule has 0 spiro atoms. The maximum atomic E-state index is 12.3. The van der Waals surface area contributed by atoms with Crippen molar-refractivity contribution in [2.75, 3.05) is 25.0 Å². The topological polar surface area (TPSA) is 56.7 Å². The maximum Gasteiger partial charge on any atom is 0.326 e. The second-order valence-electron chi connectivity index (χ2n) is 5.49. The van der Waals surface area contributed by atoms with Crippen LogP contribution in [0.1, 0.15) is 24.0 Å². The third-order valence-electron chi connectivity index (χ3n) is 3.72. The van der Waals surface area contributed by atoms with Gasteiger partial charge in [0.1, 0.15) is 0 Å². The van der Waals surface area contributed by atoms with Gasteiger partial charge in [-0.2, -0.15) is 0 Å². The van der Waals surface area contributed by atoms with Crippen molar-refractivity contribution < 1.29 is 4.79 Å². The Kier molecular flexibility index (Phi) is 7.62. The number of carbonyl (C=O) groups excluding carboxylic acids is 1. The lowest BCUT2D eigenvalue weighted by molar-refractivity contribution is 0.255. The van der Waals surface area contributed by atoms with Crippen LogP contribution in [0.5, 0.6) is 0 Å². The Morgan fingerprint density at radius 2 is 1.91 bits per heavy atom. The number of urea groups is 1. The predicted octanol–water partition coefficient (Wildman–Crippen LogP) is 3.48. The molecule has 6 heteroatoms. The van der Waals surface area contributed by atoms with Gasteiger partial charge in [-0.25, -0.2) is 9.79 Å². The Labute approximate surface area is 144 Å². The van der Waals surface area contributed by atoms with Crippen LogP contribution >= 0.6 is 12.4 Å². The van der Waals surface area contributed by atoms with E-state index in [9.17, 15) is 4.79 Å². The lowest BCUT2D eigenvalue weighted by Crippen LogP contribution is -2.44. The summed E-state index contributed by atoms with van der Waals surface area (Å²) >= 11 is 0.